The van der Waals surface area contributed by atoms with E-state index < -0.39 is 0 Å². The summed E-state index contributed by atoms with van der Waals surface area (Å²) in [5.41, 5.74) is 2.52. The lowest BCUT2D eigenvalue weighted by atomic mass is 10.1. The molecular weight excluding hydrogens is 254 g/mol. The predicted molar refractivity (Wildman–Crippen MR) is 79.5 cm³/mol. The number of benzene rings is 1. The maximum absolute atomic E-state index is 11.7. The topological polar surface area (TPSA) is 58.6 Å². The van der Waals surface area contributed by atoms with Gasteiger partial charge in [-0.15, -0.1) is 0 Å². The number of rotatable bonds is 6. The molecule has 0 unspecified atom stereocenters. The molecule has 1 aromatic rings. The van der Waals surface area contributed by atoms with Crippen molar-refractivity contribution < 1.29 is 14.6 Å². The lowest BCUT2D eigenvalue weighted by Crippen LogP contribution is -2.14. The van der Waals surface area contributed by atoms with E-state index >= 15 is 0 Å². The summed E-state index contributed by atoms with van der Waals surface area (Å²) in [5.74, 6) is 5.39. The van der Waals surface area contributed by atoms with Crippen LogP contribution in [0.2, 0.25) is 0 Å². The smallest absolute Gasteiger partial charge is 0.226 e. The molecule has 4 nitrogen and oxygen atoms in total. The number of hydrogen-bond acceptors (Lipinski definition) is 3. The Morgan fingerprint density at radius 2 is 2.20 bits per heavy atom. The summed E-state index contributed by atoms with van der Waals surface area (Å²) in [6, 6.07) is 5.54. The molecule has 0 aromatic heterocycles. The first-order chi connectivity index (χ1) is 9.67. The predicted octanol–water partition coefficient (Wildman–Crippen LogP) is 2.09. The zero-order chi connectivity index (χ0) is 14.8. The van der Waals surface area contributed by atoms with Crippen molar-refractivity contribution in [2.45, 2.75) is 26.7 Å². The van der Waals surface area contributed by atoms with E-state index in [0.717, 1.165) is 17.5 Å². The Hall–Kier alpha value is -1.83. The van der Waals surface area contributed by atoms with Crippen LogP contribution in [0.5, 0.6) is 0 Å². The third-order valence-corrected chi connectivity index (χ3v) is 2.65. The molecular formula is C16H21NO3. The normalized spacial score (nSPS) is 9.75. The van der Waals surface area contributed by atoms with Crippen molar-refractivity contribution in [2.75, 3.05) is 25.1 Å². The van der Waals surface area contributed by atoms with E-state index in [-0.39, 0.29) is 12.5 Å². The van der Waals surface area contributed by atoms with Crippen molar-refractivity contribution in [2.24, 2.45) is 0 Å². The number of amides is 1. The van der Waals surface area contributed by atoms with Gasteiger partial charge < -0.3 is 15.2 Å². The average Bonchev–Trinajstić information content (AvgIpc) is 2.44. The summed E-state index contributed by atoms with van der Waals surface area (Å²) >= 11 is 0. The van der Waals surface area contributed by atoms with Crippen LogP contribution in [0.3, 0.4) is 0 Å². The van der Waals surface area contributed by atoms with Gasteiger partial charge in [-0.3, -0.25) is 4.79 Å². The minimum absolute atomic E-state index is 0.0778. The van der Waals surface area contributed by atoms with Crippen LogP contribution in [0.4, 0.5) is 5.69 Å². The van der Waals surface area contributed by atoms with E-state index in [2.05, 4.69) is 17.2 Å². The standard InChI is InChI=1S/C16H21NO3/c1-3-10-20-11-8-16(19)17-15-7-6-13(2)14(12-15)5-4-9-18/h6-7,12,18H,3,8-11H2,1-2H3,(H,17,19). The van der Waals surface area contributed by atoms with Gasteiger partial charge in [0.25, 0.3) is 0 Å². The van der Waals surface area contributed by atoms with Crippen molar-refractivity contribution in [1.29, 1.82) is 0 Å². The summed E-state index contributed by atoms with van der Waals surface area (Å²) in [6.45, 7) is 4.90. The van der Waals surface area contributed by atoms with Gasteiger partial charge in [0.1, 0.15) is 6.61 Å². The summed E-state index contributed by atoms with van der Waals surface area (Å²) < 4.78 is 5.28. The Morgan fingerprint density at radius 1 is 1.40 bits per heavy atom. The second kappa shape index (κ2) is 9.13. The van der Waals surface area contributed by atoms with E-state index in [1.165, 1.54) is 0 Å². The van der Waals surface area contributed by atoms with Gasteiger partial charge in [-0.05, 0) is 31.0 Å². The van der Waals surface area contributed by atoms with Gasteiger partial charge >= 0.3 is 0 Å². The van der Waals surface area contributed by atoms with Gasteiger partial charge in [0.15, 0.2) is 0 Å². The van der Waals surface area contributed by atoms with Gasteiger partial charge in [0.05, 0.1) is 13.0 Å². The highest BCUT2D eigenvalue weighted by atomic mass is 16.5. The highest BCUT2D eigenvalue weighted by Gasteiger charge is 2.04. The molecule has 0 aliphatic heterocycles. The Kier molecular flexibility index (Phi) is 7.41. The molecule has 4 heteroatoms. The first-order valence-corrected chi connectivity index (χ1v) is 6.75. The average molecular weight is 275 g/mol. The molecule has 0 radical (unpaired) electrons. The monoisotopic (exact) mass is 275 g/mol. The van der Waals surface area contributed by atoms with Gasteiger partial charge in [-0.1, -0.05) is 24.8 Å². The number of hydrogen-bond donors (Lipinski definition) is 2. The van der Waals surface area contributed by atoms with Gasteiger partial charge in [0.2, 0.25) is 5.91 Å². The molecule has 0 aliphatic carbocycles. The van der Waals surface area contributed by atoms with E-state index in [4.69, 9.17) is 9.84 Å². The molecule has 0 heterocycles. The van der Waals surface area contributed by atoms with Gasteiger partial charge in [0, 0.05) is 17.9 Å². The van der Waals surface area contributed by atoms with Crippen LogP contribution in [-0.4, -0.2) is 30.8 Å². The van der Waals surface area contributed by atoms with E-state index in [1.54, 1.807) is 0 Å². The number of nitrogens with one attached hydrogen (secondary N) is 1. The molecule has 1 amide bonds. The van der Waals surface area contributed by atoms with Crippen molar-refractivity contribution >= 4 is 11.6 Å². The molecule has 108 valence electrons. The second-order valence-corrected chi connectivity index (χ2v) is 4.40. The highest BCUT2D eigenvalue weighted by Crippen LogP contribution is 2.14. The molecule has 0 spiro atoms. The van der Waals surface area contributed by atoms with Crippen LogP contribution in [0.25, 0.3) is 0 Å². The van der Waals surface area contributed by atoms with E-state index in [1.807, 2.05) is 32.0 Å². The first-order valence-electron chi connectivity index (χ1n) is 6.75. The first kappa shape index (κ1) is 16.2. The number of aliphatic hydroxyl groups is 1. The number of aryl methyl sites for hydroxylation is 1. The fourth-order valence-electron chi connectivity index (χ4n) is 1.60. The van der Waals surface area contributed by atoms with Crippen LogP contribution in [-0.2, 0) is 9.53 Å². The number of anilines is 1. The molecule has 20 heavy (non-hydrogen) atoms. The molecule has 0 fully saturated rings. The van der Waals surface area contributed by atoms with Crippen molar-refractivity contribution in [3.8, 4) is 11.8 Å². The molecule has 0 saturated carbocycles. The van der Waals surface area contributed by atoms with Gasteiger partial charge in [-0.2, -0.15) is 0 Å². The van der Waals surface area contributed by atoms with Crippen molar-refractivity contribution in [3.63, 3.8) is 0 Å². The Morgan fingerprint density at radius 3 is 2.90 bits per heavy atom. The fraction of sp³-hybridized carbons (Fsp3) is 0.438. The Bertz CT molecular complexity index is 500. The fourth-order valence-corrected chi connectivity index (χ4v) is 1.60. The third-order valence-electron chi connectivity index (χ3n) is 2.65. The highest BCUT2D eigenvalue weighted by molar-refractivity contribution is 5.91. The molecule has 0 saturated heterocycles. The van der Waals surface area contributed by atoms with E-state index in [0.29, 0.717) is 25.3 Å². The molecule has 0 aliphatic rings. The van der Waals surface area contributed by atoms with Crippen LogP contribution >= 0.6 is 0 Å². The molecule has 1 aromatic carbocycles. The number of carbonyl (C=O) groups excluding carboxylic acids is 1. The number of aliphatic hydroxyl groups excluding tert-OH is 1. The third kappa shape index (κ3) is 5.87. The SMILES string of the molecule is CCCOCCC(=O)Nc1ccc(C)c(C#CCO)c1. The summed E-state index contributed by atoms with van der Waals surface area (Å²) in [5, 5.41) is 11.5. The van der Waals surface area contributed by atoms with Gasteiger partial charge in [-0.25, -0.2) is 0 Å². The number of ether oxygens (including phenoxy) is 1. The van der Waals surface area contributed by atoms with E-state index in [9.17, 15) is 4.79 Å². The van der Waals surface area contributed by atoms with Crippen LogP contribution in [0, 0.1) is 18.8 Å². The second-order valence-electron chi connectivity index (χ2n) is 4.40. The lowest BCUT2D eigenvalue weighted by Gasteiger charge is -2.07. The quantitative estimate of drug-likeness (QED) is 0.617. The summed E-state index contributed by atoms with van der Waals surface area (Å²) in [4.78, 5) is 11.7. The zero-order valence-corrected chi connectivity index (χ0v) is 12.0. The molecule has 2 N–H and O–H groups in total. The Labute approximate surface area is 120 Å². The summed E-state index contributed by atoms with van der Waals surface area (Å²) in [6.07, 6.45) is 1.29. The summed E-state index contributed by atoms with van der Waals surface area (Å²) in [7, 11) is 0. The minimum Gasteiger partial charge on any atom is -0.384 e. The lowest BCUT2D eigenvalue weighted by molar-refractivity contribution is -0.117. The van der Waals surface area contributed by atoms with Crippen molar-refractivity contribution in [3.05, 3.63) is 29.3 Å². The van der Waals surface area contributed by atoms with Crippen LogP contribution in [0.1, 0.15) is 30.9 Å². The Balaban J connectivity index is 2.57. The minimum atomic E-state index is -0.176. The van der Waals surface area contributed by atoms with Crippen LogP contribution in [0.15, 0.2) is 18.2 Å². The maximum atomic E-state index is 11.7. The molecule has 0 atom stereocenters. The molecule has 1 rings (SSSR count). The molecule has 0 bridgehead atoms. The largest absolute Gasteiger partial charge is 0.384 e. The van der Waals surface area contributed by atoms with Crippen molar-refractivity contribution in [1.82, 2.24) is 0 Å². The van der Waals surface area contributed by atoms with Crippen LogP contribution < -0.4 is 5.32 Å². The maximum Gasteiger partial charge on any atom is 0.226 e. The zero-order valence-electron chi connectivity index (χ0n) is 12.0. The number of carbonyl (C=O) groups is 1.